The van der Waals surface area contributed by atoms with E-state index in [1.54, 1.807) is 12.1 Å². The van der Waals surface area contributed by atoms with E-state index in [0.717, 1.165) is 31.9 Å². The number of hydrogen-bond acceptors (Lipinski definition) is 4. The molecule has 2 N–H and O–H groups in total. The molecule has 0 aromatic heterocycles. The summed E-state index contributed by atoms with van der Waals surface area (Å²) < 4.78 is 5.38. The zero-order valence-electron chi connectivity index (χ0n) is 14.7. The number of nitrogens with one attached hydrogen (secondary N) is 2. The van der Waals surface area contributed by atoms with Crippen LogP contribution in [0.5, 0.6) is 0 Å². The molecular weight excluding hydrogens is 306 g/mol. The van der Waals surface area contributed by atoms with Crippen molar-refractivity contribution in [3.05, 3.63) is 35.4 Å². The highest BCUT2D eigenvalue weighted by molar-refractivity contribution is 5.94. The van der Waals surface area contributed by atoms with Gasteiger partial charge in [0.15, 0.2) is 0 Å². The van der Waals surface area contributed by atoms with Crippen molar-refractivity contribution >= 4 is 11.8 Å². The molecule has 0 aliphatic carbocycles. The molecule has 0 spiro atoms. The maximum atomic E-state index is 12.3. The lowest BCUT2D eigenvalue weighted by Gasteiger charge is -2.40. The SMILES string of the molecule is CC(=O)NCc1ccc(C(=O)NCC(C)(C)N2CCOCC2)cc1. The highest BCUT2D eigenvalue weighted by Gasteiger charge is 2.28. The lowest BCUT2D eigenvalue weighted by atomic mass is 10.0. The second-order valence-electron chi connectivity index (χ2n) is 6.70. The smallest absolute Gasteiger partial charge is 0.251 e. The van der Waals surface area contributed by atoms with Crippen LogP contribution in [-0.4, -0.2) is 55.1 Å². The van der Waals surface area contributed by atoms with E-state index >= 15 is 0 Å². The predicted octanol–water partition coefficient (Wildman–Crippen LogP) is 1.16. The monoisotopic (exact) mass is 333 g/mol. The van der Waals surface area contributed by atoms with Crippen LogP contribution in [-0.2, 0) is 16.1 Å². The van der Waals surface area contributed by atoms with Crippen molar-refractivity contribution in [3.63, 3.8) is 0 Å². The van der Waals surface area contributed by atoms with Crippen LogP contribution in [0.2, 0.25) is 0 Å². The molecule has 0 atom stereocenters. The topological polar surface area (TPSA) is 70.7 Å². The molecule has 132 valence electrons. The van der Waals surface area contributed by atoms with E-state index in [9.17, 15) is 9.59 Å². The lowest BCUT2D eigenvalue weighted by molar-refractivity contribution is -0.119. The summed E-state index contributed by atoms with van der Waals surface area (Å²) in [5, 5.41) is 5.75. The Morgan fingerprint density at radius 1 is 1.12 bits per heavy atom. The van der Waals surface area contributed by atoms with Gasteiger partial charge in [-0.25, -0.2) is 0 Å². The summed E-state index contributed by atoms with van der Waals surface area (Å²) in [4.78, 5) is 25.6. The van der Waals surface area contributed by atoms with Crippen molar-refractivity contribution in [3.8, 4) is 0 Å². The van der Waals surface area contributed by atoms with Crippen LogP contribution in [0, 0.1) is 0 Å². The third-order valence-electron chi connectivity index (χ3n) is 4.31. The van der Waals surface area contributed by atoms with Crippen molar-refractivity contribution in [2.75, 3.05) is 32.8 Å². The first-order chi connectivity index (χ1) is 11.4. The lowest BCUT2D eigenvalue weighted by Crippen LogP contribution is -2.55. The second kappa shape index (κ2) is 8.26. The van der Waals surface area contributed by atoms with E-state index in [2.05, 4.69) is 29.4 Å². The molecule has 1 heterocycles. The van der Waals surface area contributed by atoms with Crippen molar-refractivity contribution in [1.82, 2.24) is 15.5 Å². The van der Waals surface area contributed by atoms with Gasteiger partial charge in [-0.1, -0.05) is 12.1 Å². The number of carbonyl (C=O) groups is 2. The summed E-state index contributed by atoms with van der Waals surface area (Å²) in [6, 6.07) is 7.29. The van der Waals surface area contributed by atoms with E-state index in [1.807, 2.05) is 12.1 Å². The Morgan fingerprint density at radius 2 is 1.75 bits per heavy atom. The Labute approximate surface area is 143 Å². The number of carbonyl (C=O) groups excluding carboxylic acids is 2. The Balaban J connectivity index is 1.86. The molecule has 1 saturated heterocycles. The Hall–Kier alpha value is -1.92. The van der Waals surface area contributed by atoms with Crippen LogP contribution in [0.3, 0.4) is 0 Å². The molecule has 1 aromatic rings. The summed E-state index contributed by atoms with van der Waals surface area (Å²) in [7, 11) is 0. The average molecular weight is 333 g/mol. The molecule has 2 amide bonds. The third kappa shape index (κ3) is 5.32. The van der Waals surface area contributed by atoms with Gasteiger partial charge in [0.1, 0.15) is 0 Å². The van der Waals surface area contributed by atoms with E-state index in [-0.39, 0.29) is 17.4 Å². The third-order valence-corrected chi connectivity index (χ3v) is 4.31. The molecule has 0 saturated carbocycles. The first-order valence-corrected chi connectivity index (χ1v) is 8.33. The minimum atomic E-state index is -0.106. The fourth-order valence-corrected chi connectivity index (χ4v) is 2.68. The normalized spacial score (nSPS) is 15.8. The van der Waals surface area contributed by atoms with Crippen molar-refractivity contribution in [2.45, 2.75) is 32.9 Å². The summed E-state index contributed by atoms with van der Waals surface area (Å²) in [5.74, 6) is -0.149. The predicted molar refractivity (Wildman–Crippen MR) is 92.8 cm³/mol. The molecular formula is C18H27N3O3. The molecule has 1 fully saturated rings. The fraction of sp³-hybridized carbons (Fsp3) is 0.556. The molecule has 0 radical (unpaired) electrons. The van der Waals surface area contributed by atoms with E-state index in [0.29, 0.717) is 18.7 Å². The minimum absolute atomic E-state index is 0.0674. The summed E-state index contributed by atoms with van der Waals surface area (Å²) >= 11 is 0. The maximum absolute atomic E-state index is 12.3. The Morgan fingerprint density at radius 3 is 2.33 bits per heavy atom. The van der Waals surface area contributed by atoms with Gasteiger partial charge in [-0.3, -0.25) is 14.5 Å². The molecule has 6 heteroatoms. The highest BCUT2D eigenvalue weighted by atomic mass is 16.5. The van der Waals surface area contributed by atoms with Crippen LogP contribution in [0.4, 0.5) is 0 Å². The molecule has 24 heavy (non-hydrogen) atoms. The molecule has 0 unspecified atom stereocenters. The van der Waals surface area contributed by atoms with Crippen molar-refractivity contribution < 1.29 is 14.3 Å². The summed E-state index contributed by atoms with van der Waals surface area (Å²) in [6.07, 6.45) is 0. The van der Waals surface area contributed by atoms with Gasteiger partial charge < -0.3 is 15.4 Å². The van der Waals surface area contributed by atoms with Gasteiger partial charge in [-0.05, 0) is 31.5 Å². The van der Waals surface area contributed by atoms with Gasteiger partial charge in [0, 0.05) is 44.2 Å². The first kappa shape index (κ1) is 18.4. The fourth-order valence-electron chi connectivity index (χ4n) is 2.68. The van der Waals surface area contributed by atoms with Gasteiger partial charge in [0.25, 0.3) is 5.91 Å². The molecule has 0 bridgehead atoms. The van der Waals surface area contributed by atoms with E-state index in [4.69, 9.17) is 4.74 Å². The Bertz CT molecular complexity index is 563. The van der Waals surface area contributed by atoms with Gasteiger partial charge in [0.05, 0.1) is 13.2 Å². The van der Waals surface area contributed by atoms with Crippen LogP contribution in [0.15, 0.2) is 24.3 Å². The second-order valence-corrected chi connectivity index (χ2v) is 6.70. The minimum Gasteiger partial charge on any atom is -0.379 e. The number of morpholine rings is 1. The molecule has 1 aliphatic heterocycles. The number of rotatable bonds is 6. The van der Waals surface area contributed by atoms with Gasteiger partial charge in [0.2, 0.25) is 5.91 Å². The average Bonchev–Trinajstić information content (AvgIpc) is 2.59. The van der Waals surface area contributed by atoms with E-state index < -0.39 is 0 Å². The van der Waals surface area contributed by atoms with Gasteiger partial charge in [-0.15, -0.1) is 0 Å². The van der Waals surface area contributed by atoms with Gasteiger partial charge >= 0.3 is 0 Å². The number of amides is 2. The van der Waals surface area contributed by atoms with Crippen LogP contribution >= 0.6 is 0 Å². The largest absolute Gasteiger partial charge is 0.379 e. The Kier molecular flexibility index (Phi) is 6.34. The van der Waals surface area contributed by atoms with E-state index in [1.165, 1.54) is 6.92 Å². The number of nitrogens with zero attached hydrogens (tertiary/aromatic N) is 1. The summed E-state index contributed by atoms with van der Waals surface area (Å²) in [5.41, 5.74) is 1.49. The van der Waals surface area contributed by atoms with Crippen LogP contribution in [0.25, 0.3) is 0 Å². The molecule has 6 nitrogen and oxygen atoms in total. The number of hydrogen-bond donors (Lipinski definition) is 2. The van der Waals surface area contributed by atoms with Crippen LogP contribution in [0.1, 0.15) is 36.7 Å². The van der Waals surface area contributed by atoms with Crippen LogP contribution < -0.4 is 10.6 Å². The van der Waals surface area contributed by atoms with Crippen molar-refractivity contribution in [1.29, 1.82) is 0 Å². The molecule has 1 aliphatic rings. The number of benzene rings is 1. The van der Waals surface area contributed by atoms with Gasteiger partial charge in [-0.2, -0.15) is 0 Å². The number of ether oxygens (including phenoxy) is 1. The molecule has 2 rings (SSSR count). The first-order valence-electron chi connectivity index (χ1n) is 8.33. The quantitative estimate of drug-likeness (QED) is 0.820. The molecule has 1 aromatic carbocycles. The zero-order valence-corrected chi connectivity index (χ0v) is 14.7. The van der Waals surface area contributed by atoms with Crippen molar-refractivity contribution in [2.24, 2.45) is 0 Å². The standard InChI is InChI=1S/C18H27N3O3/c1-14(22)19-12-15-4-6-16(7-5-15)17(23)20-13-18(2,3)21-8-10-24-11-9-21/h4-7H,8-13H2,1-3H3,(H,19,22)(H,20,23). The maximum Gasteiger partial charge on any atom is 0.251 e. The zero-order chi connectivity index (χ0) is 17.6. The highest BCUT2D eigenvalue weighted by Crippen LogP contribution is 2.15. The summed E-state index contributed by atoms with van der Waals surface area (Å²) in [6.45, 7) is 10.1.